The maximum absolute atomic E-state index is 6.20. The Morgan fingerprint density at radius 3 is 2.17 bits per heavy atom. The summed E-state index contributed by atoms with van der Waals surface area (Å²) in [5.41, 5.74) is 2.41. The van der Waals surface area contributed by atoms with Crippen LogP contribution in [0.25, 0.3) is 22.2 Å². The second kappa shape index (κ2) is 11.0. The fraction of sp³-hybridized carbons (Fsp3) is 0.391. The Labute approximate surface area is 222 Å². The van der Waals surface area contributed by atoms with Crippen molar-refractivity contribution in [3.05, 3.63) is 27.0 Å². The lowest BCUT2D eigenvalue weighted by Gasteiger charge is -2.32. The number of H-pyrrole nitrogens is 1. The SMILES string of the molecule is COc1c(Cl)cc2[nH]c(=S)oc2c1OC.COc1c(Cl)cc2nc(N3CCNC[C@@H]3C)oc2c1OC. The van der Waals surface area contributed by atoms with Crippen molar-refractivity contribution < 1.29 is 27.8 Å². The van der Waals surface area contributed by atoms with E-state index in [4.69, 9.17) is 63.2 Å². The molecule has 1 fully saturated rings. The summed E-state index contributed by atoms with van der Waals surface area (Å²) < 4.78 is 32.2. The molecule has 3 heterocycles. The Morgan fingerprint density at radius 1 is 0.944 bits per heavy atom. The molecule has 36 heavy (non-hydrogen) atoms. The van der Waals surface area contributed by atoms with Crippen molar-refractivity contribution in [2.75, 3.05) is 53.0 Å². The van der Waals surface area contributed by atoms with Crippen LogP contribution in [0.4, 0.5) is 6.01 Å². The van der Waals surface area contributed by atoms with E-state index in [0.29, 0.717) is 67.3 Å². The molecule has 0 spiro atoms. The lowest BCUT2D eigenvalue weighted by molar-refractivity contribution is 0.353. The molecule has 0 amide bonds. The first-order valence-corrected chi connectivity index (χ1v) is 12.1. The molecule has 4 aromatic rings. The molecule has 1 saturated heterocycles. The van der Waals surface area contributed by atoms with Crippen LogP contribution in [0.3, 0.4) is 0 Å². The molecule has 5 rings (SSSR count). The van der Waals surface area contributed by atoms with Gasteiger partial charge < -0.3 is 43.0 Å². The molecule has 10 nitrogen and oxygen atoms in total. The number of oxazole rings is 2. The summed E-state index contributed by atoms with van der Waals surface area (Å²) >= 11 is 17.1. The third-order valence-electron chi connectivity index (χ3n) is 5.67. The summed E-state index contributed by atoms with van der Waals surface area (Å²) in [6.45, 7) is 4.79. The number of piperazine rings is 1. The molecule has 0 bridgehead atoms. The van der Waals surface area contributed by atoms with E-state index in [0.717, 1.165) is 19.6 Å². The van der Waals surface area contributed by atoms with Gasteiger partial charge in [-0.05, 0) is 31.3 Å². The van der Waals surface area contributed by atoms with Gasteiger partial charge >= 0.3 is 0 Å². The topological polar surface area (TPSA) is 107 Å². The van der Waals surface area contributed by atoms with E-state index in [9.17, 15) is 0 Å². The van der Waals surface area contributed by atoms with Gasteiger partial charge in [-0.2, -0.15) is 4.98 Å². The van der Waals surface area contributed by atoms with Crippen molar-refractivity contribution >= 4 is 63.6 Å². The zero-order valence-electron chi connectivity index (χ0n) is 20.4. The smallest absolute Gasteiger partial charge is 0.298 e. The summed E-state index contributed by atoms with van der Waals surface area (Å²) in [4.78, 5) is 9.80. The molecular formula is C23H26Cl2N4O6S. The lowest BCUT2D eigenvalue weighted by atomic mass is 10.2. The molecule has 13 heteroatoms. The Bertz CT molecular complexity index is 1440. The van der Waals surface area contributed by atoms with E-state index in [1.54, 1.807) is 26.4 Å². The number of nitrogens with one attached hydrogen (secondary N) is 2. The van der Waals surface area contributed by atoms with Gasteiger partial charge in [-0.3, -0.25) is 0 Å². The zero-order valence-corrected chi connectivity index (χ0v) is 22.7. The Balaban J connectivity index is 0.000000179. The first kappa shape index (κ1) is 26.2. The molecule has 2 aromatic heterocycles. The number of fused-ring (bicyclic) bond motifs is 2. The predicted molar refractivity (Wildman–Crippen MR) is 141 cm³/mol. The maximum atomic E-state index is 6.20. The number of methoxy groups -OCH3 is 4. The summed E-state index contributed by atoms with van der Waals surface area (Å²) in [6.07, 6.45) is 0. The number of aromatic amines is 1. The Morgan fingerprint density at radius 2 is 1.56 bits per heavy atom. The third-order valence-corrected chi connectivity index (χ3v) is 6.42. The van der Waals surface area contributed by atoms with E-state index in [-0.39, 0.29) is 4.84 Å². The minimum absolute atomic E-state index is 0.271. The fourth-order valence-corrected chi connectivity index (χ4v) is 4.72. The van der Waals surface area contributed by atoms with Crippen LogP contribution in [0.15, 0.2) is 21.0 Å². The number of halogens is 2. The number of rotatable bonds is 5. The molecule has 0 radical (unpaired) electrons. The fourth-order valence-electron chi connectivity index (χ4n) is 3.99. The van der Waals surface area contributed by atoms with Crippen molar-refractivity contribution in [1.29, 1.82) is 0 Å². The van der Waals surface area contributed by atoms with Crippen molar-refractivity contribution in [3.63, 3.8) is 0 Å². The van der Waals surface area contributed by atoms with Crippen molar-refractivity contribution in [2.45, 2.75) is 13.0 Å². The monoisotopic (exact) mass is 556 g/mol. The molecule has 1 aliphatic rings. The molecule has 0 unspecified atom stereocenters. The number of hydrogen-bond acceptors (Lipinski definition) is 10. The van der Waals surface area contributed by atoms with Crippen LogP contribution < -0.4 is 29.2 Å². The van der Waals surface area contributed by atoms with Crippen molar-refractivity contribution in [3.8, 4) is 23.0 Å². The van der Waals surface area contributed by atoms with Gasteiger partial charge in [-0.15, -0.1) is 0 Å². The first-order valence-electron chi connectivity index (χ1n) is 10.9. The van der Waals surface area contributed by atoms with Crippen LogP contribution in [0.1, 0.15) is 6.92 Å². The standard InChI is InChI=1S/C14H18ClN3O3.C9H8ClNO3S/c1-8-7-16-4-5-18(8)14-17-10-6-9(15)11(19-2)13(20-3)12(10)21-14;1-12-6-4(10)3-5-7(8(6)13-2)14-9(15)11-5/h6,8,16H,4-5,7H2,1-3H3;3H,1-2H3,(H,11,15)/t8-;/m0./s1. The summed E-state index contributed by atoms with van der Waals surface area (Å²) in [5, 5.41) is 4.23. The first-order chi connectivity index (χ1) is 17.3. The third kappa shape index (κ3) is 4.88. The molecular weight excluding hydrogens is 531 g/mol. The average molecular weight is 557 g/mol. The number of benzene rings is 2. The van der Waals surface area contributed by atoms with Gasteiger partial charge in [-0.1, -0.05) is 23.2 Å². The second-order valence-corrected chi connectivity index (χ2v) is 9.02. The molecule has 2 aromatic carbocycles. The molecule has 0 saturated carbocycles. The number of nitrogens with zero attached hydrogens (tertiary/aromatic N) is 2. The van der Waals surface area contributed by atoms with Gasteiger partial charge in [-0.25, -0.2) is 0 Å². The van der Waals surface area contributed by atoms with Crippen molar-refractivity contribution in [2.24, 2.45) is 0 Å². The van der Waals surface area contributed by atoms with E-state index in [1.807, 2.05) is 0 Å². The Hall–Kier alpha value is -2.86. The number of hydrogen-bond donors (Lipinski definition) is 2. The van der Waals surface area contributed by atoms with Gasteiger partial charge in [0, 0.05) is 25.7 Å². The zero-order chi connectivity index (χ0) is 26.0. The average Bonchev–Trinajstić information content (AvgIpc) is 3.45. The number of ether oxygens (including phenoxy) is 4. The quantitative estimate of drug-likeness (QED) is 0.307. The van der Waals surface area contributed by atoms with Gasteiger partial charge in [0.1, 0.15) is 5.52 Å². The largest absolute Gasteiger partial charge is 0.491 e. The molecule has 194 valence electrons. The summed E-state index contributed by atoms with van der Waals surface area (Å²) in [7, 11) is 6.13. The van der Waals surface area contributed by atoms with Gasteiger partial charge in [0.15, 0.2) is 17.1 Å². The van der Waals surface area contributed by atoms with E-state index >= 15 is 0 Å². The lowest BCUT2D eigenvalue weighted by Crippen LogP contribution is -2.50. The van der Waals surface area contributed by atoms with E-state index in [2.05, 4.69) is 27.1 Å². The van der Waals surface area contributed by atoms with Crippen LogP contribution in [0, 0.1) is 4.84 Å². The van der Waals surface area contributed by atoms with Gasteiger partial charge in [0.25, 0.3) is 10.9 Å². The summed E-state index contributed by atoms with van der Waals surface area (Å²) in [5.74, 6) is 1.81. The minimum atomic E-state index is 0.271. The summed E-state index contributed by atoms with van der Waals surface area (Å²) in [6, 6.07) is 4.31. The van der Waals surface area contributed by atoms with Crippen LogP contribution in [0.2, 0.25) is 10.0 Å². The van der Waals surface area contributed by atoms with Crippen LogP contribution in [-0.2, 0) is 0 Å². The Kier molecular flexibility index (Phi) is 8.04. The highest BCUT2D eigenvalue weighted by atomic mass is 35.5. The van der Waals surface area contributed by atoms with E-state index in [1.165, 1.54) is 14.2 Å². The number of aromatic nitrogens is 2. The van der Waals surface area contributed by atoms with Crippen LogP contribution in [-0.4, -0.2) is 64.1 Å². The molecule has 2 N–H and O–H groups in total. The molecule has 1 aliphatic heterocycles. The van der Waals surface area contributed by atoms with Crippen molar-refractivity contribution in [1.82, 2.24) is 15.3 Å². The van der Waals surface area contributed by atoms with Gasteiger partial charge in [0.2, 0.25) is 17.1 Å². The van der Waals surface area contributed by atoms with E-state index < -0.39 is 0 Å². The van der Waals surface area contributed by atoms with Crippen LogP contribution >= 0.6 is 35.4 Å². The van der Waals surface area contributed by atoms with Crippen LogP contribution in [0.5, 0.6) is 23.0 Å². The van der Waals surface area contributed by atoms with Gasteiger partial charge in [0.05, 0.1) is 44.0 Å². The number of anilines is 1. The normalized spacial score (nSPS) is 15.5. The highest BCUT2D eigenvalue weighted by Crippen LogP contribution is 2.43. The minimum Gasteiger partial charge on any atom is -0.491 e. The molecule has 0 aliphatic carbocycles. The molecule has 1 atom stereocenters. The maximum Gasteiger partial charge on any atom is 0.298 e. The predicted octanol–water partition coefficient (Wildman–Crippen LogP) is 5.46. The highest BCUT2D eigenvalue weighted by molar-refractivity contribution is 7.71. The highest BCUT2D eigenvalue weighted by Gasteiger charge is 2.26. The second-order valence-electron chi connectivity index (χ2n) is 7.83.